The number of fused-ring (bicyclic) bond motifs is 2. The zero-order valence-electron chi connectivity index (χ0n) is 33.8. The maximum atomic E-state index is 12.1. The second kappa shape index (κ2) is 17.8. The fraction of sp³-hybridized carbons (Fsp3) is 0.419. The number of alkyl carbamates (subject to hydrolysis) is 1. The van der Waals surface area contributed by atoms with Crippen molar-refractivity contribution in [1.29, 1.82) is 0 Å². The SMILES string of the molecule is CC1(CN)CCN(c2ncnc3c(-c4cccc(Cl)c4Cl)csc23)CC1.CC1(CNC(=O)OC(C)(C)C)CCN(c2ncnc3c(-c4cccc(Cl)c4Cl)csc23)CC1. The van der Waals surface area contributed by atoms with Crippen LogP contribution in [0.25, 0.3) is 42.7 Å². The van der Waals surface area contributed by atoms with Crippen LogP contribution in [-0.2, 0) is 4.74 Å². The molecule has 0 aliphatic carbocycles. The third-order valence-electron chi connectivity index (χ3n) is 11.2. The van der Waals surface area contributed by atoms with Crippen LogP contribution in [-0.4, -0.2) is 70.9 Å². The molecule has 10 nitrogen and oxygen atoms in total. The Bertz CT molecular complexity index is 2450. The van der Waals surface area contributed by atoms with Gasteiger partial charge in [0.15, 0.2) is 0 Å². The summed E-state index contributed by atoms with van der Waals surface area (Å²) in [6.07, 6.45) is 6.92. The number of carbonyl (C=O) groups excluding carboxylic acids is 1. The average molecular weight is 915 g/mol. The summed E-state index contributed by atoms with van der Waals surface area (Å²) >= 11 is 28.6. The minimum absolute atomic E-state index is 0.00841. The molecule has 1 amide bonds. The highest BCUT2D eigenvalue weighted by atomic mass is 35.5. The standard InChI is InChI=1S/C24H28Cl2N4O2S.C19H20Cl2N4S/c1-23(2,3)32-22(31)27-13-24(4)8-10-30(11-9-24)21-20-19(28-14-29-21)16(12-33-20)15-6-5-7-17(25)18(15)26;1-19(10-22)5-7-25(8-6-19)18-17-16(23-11-24-18)13(9-26-17)12-3-2-4-14(20)15(12)21/h5-7,12,14H,8-11,13H2,1-4H3,(H,27,31);2-4,9,11H,5-8,10,22H2,1H3. The Morgan fingerprint density at radius 1 is 0.729 bits per heavy atom. The lowest BCUT2D eigenvalue weighted by Gasteiger charge is -2.40. The lowest BCUT2D eigenvalue weighted by atomic mass is 9.80. The zero-order valence-corrected chi connectivity index (χ0v) is 38.4. The van der Waals surface area contributed by atoms with Crippen LogP contribution in [0.4, 0.5) is 16.4 Å². The molecule has 2 fully saturated rings. The Hall–Kier alpha value is -3.49. The van der Waals surface area contributed by atoms with E-state index < -0.39 is 5.60 Å². The quantitative estimate of drug-likeness (QED) is 0.161. The fourth-order valence-corrected chi connectivity index (χ4v) is 10.3. The Labute approximate surface area is 373 Å². The van der Waals surface area contributed by atoms with E-state index in [1.165, 1.54) is 0 Å². The van der Waals surface area contributed by atoms with E-state index in [1.54, 1.807) is 47.5 Å². The van der Waals surface area contributed by atoms with Gasteiger partial charge in [0.1, 0.15) is 29.9 Å². The minimum atomic E-state index is -0.498. The summed E-state index contributed by atoms with van der Waals surface area (Å²) in [5.74, 6) is 1.94. The molecule has 4 aromatic heterocycles. The first-order chi connectivity index (χ1) is 28.1. The van der Waals surface area contributed by atoms with Crippen LogP contribution in [0.5, 0.6) is 0 Å². The Kier molecular flexibility index (Phi) is 13.2. The van der Waals surface area contributed by atoms with Crippen LogP contribution in [0.2, 0.25) is 20.1 Å². The van der Waals surface area contributed by atoms with Crippen molar-refractivity contribution in [2.45, 2.75) is 65.9 Å². The molecule has 0 spiro atoms. The van der Waals surface area contributed by atoms with Gasteiger partial charge in [-0.25, -0.2) is 24.7 Å². The fourth-order valence-electron chi connectivity index (χ4n) is 7.43. The molecular formula is C43H48Cl4N8O2S2. The predicted molar refractivity (Wildman–Crippen MR) is 248 cm³/mol. The molecule has 0 saturated carbocycles. The van der Waals surface area contributed by atoms with Gasteiger partial charge in [0.2, 0.25) is 0 Å². The van der Waals surface area contributed by atoms with Crippen molar-refractivity contribution in [2.24, 2.45) is 16.6 Å². The number of benzene rings is 2. The van der Waals surface area contributed by atoms with Crippen LogP contribution in [0, 0.1) is 10.8 Å². The molecule has 0 atom stereocenters. The Balaban J connectivity index is 0.000000184. The number of hydrogen-bond donors (Lipinski definition) is 2. The first kappa shape index (κ1) is 43.6. The van der Waals surface area contributed by atoms with Crippen LogP contribution >= 0.6 is 69.1 Å². The number of nitrogens with zero attached hydrogens (tertiary/aromatic N) is 6. The number of rotatable bonds is 7. The zero-order chi connectivity index (χ0) is 42.1. The number of amides is 1. The normalized spacial score (nSPS) is 16.5. The third kappa shape index (κ3) is 9.70. The van der Waals surface area contributed by atoms with Gasteiger partial charge in [0.05, 0.1) is 40.5 Å². The first-order valence-corrected chi connectivity index (χ1v) is 22.9. The van der Waals surface area contributed by atoms with E-state index in [0.29, 0.717) is 26.6 Å². The van der Waals surface area contributed by atoms with Gasteiger partial charge in [-0.2, -0.15) is 0 Å². The molecule has 0 unspecified atom stereocenters. The molecule has 59 heavy (non-hydrogen) atoms. The maximum Gasteiger partial charge on any atom is 0.407 e. The summed E-state index contributed by atoms with van der Waals surface area (Å²) in [5.41, 5.74) is 11.2. The largest absolute Gasteiger partial charge is 0.444 e. The number of nitrogens with one attached hydrogen (secondary N) is 1. The van der Waals surface area contributed by atoms with Crippen LogP contribution in [0.3, 0.4) is 0 Å². The van der Waals surface area contributed by atoms with E-state index in [0.717, 1.165) is 113 Å². The van der Waals surface area contributed by atoms with Crippen molar-refractivity contribution >= 4 is 107 Å². The number of carbonyl (C=O) groups is 1. The summed E-state index contributed by atoms with van der Waals surface area (Å²) in [6, 6.07) is 11.3. The van der Waals surface area contributed by atoms with Crippen molar-refractivity contribution in [3.8, 4) is 22.3 Å². The molecule has 2 aliphatic rings. The van der Waals surface area contributed by atoms with Crippen LogP contribution in [0.1, 0.15) is 60.3 Å². The smallest absolute Gasteiger partial charge is 0.407 e. The molecule has 3 N–H and O–H groups in total. The number of hydrogen-bond acceptors (Lipinski definition) is 11. The van der Waals surface area contributed by atoms with Crippen molar-refractivity contribution in [3.05, 3.63) is 79.9 Å². The first-order valence-electron chi connectivity index (χ1n) is 19.6. The number of anilines is 2. The topological polar surface area (TPSA) is 122 Å². The van der Waals surface area contributed by atoms with Gasteiger partial charge >= 0.3 is 6.09 Å². The molecule has 312 valence electrons. The molecule has 0 radical (unpaired) electrons. The van der Waals surface area contributed by atoms with Gasteiger partial charge in [-0.3, -0.25) is 0 Å². The molecule has 0 bridgehead atoms. The van der Waals surface area contributed by atoms with E-state index in [-0.39, 0.29) is 16.9 Å². The van der Waals surface area contributed by atoms with Crippen molar-refractivity contribution in [1.82, 2.24) is 25.3 Å². The lowest BCUT2D eigenvalue weighted by molar-refractivity contribution is 0.0495. The van der Waals surface area contributed by atoms with Crippen molar-refractivity contribution < 1.29 is 9.53 Å². The second-order valence-corrected chi connectivity index (χ2v) is 20.2. The summed E-state index contributed by atoms with van der Waals surface area (Å²) in [6.45, 7) is 15.0. The molecule has 2 saturated heterocycles. The summed E-state index contributed by atoms with van der Waals surface area (Å²) in [7, 11) is 0. The van der Waals surface area contributed by atoms with E-state index in [9.17, 15) is 4.79 Å². The predicted octanol–water partition coefficient (Wildman–Crippen LogP) is 12.0. The van der Waals surface area contributed by atoms with E-state index >= 15 is 0 Å². The van der Waals surface area contributed by atoms with E-state index in [1.807, 2.05) is 45.0 Å². The minimum Gasteiger partial charge on any atom is -0.444 e. The van der Waals surface area contributed by atoms with E-state index in [4.69, 9.17) is 56.9 Å². The van der Waals surface area contributed by atoms with Crippen LogP contribution < -0.4 is 20.9 Å². The lowest BCUT2D eigenvalue weighted by Crippen LogP contribution is -2.46. The Morgan fingerprint density at radius 3 is 1.59 bits per heavy atom. The van der Waals surface area contributed by atoms with Gasteiger partial charge in [0, 0.05) is 65.7 Å². The number of halogens is 4. The van der Waals surface area contributed by atoms with Crippen molar-refractivity contribution in [2.75, 3.05) is 49.1 Å². The average Bonchev–Trinajstić information content (AvgIpc) is 3.85. The van der Waals surface area contributed by atoms with Gasteiger partial charge in [-0.1, -0.05) is 84.5 Å². The highest BCUT2D eigenvalue weighted by Crippen LogP contribution is 2.44. The van der Waals surface area contributed by atoms with Crippen molar-refractivity contribution in [3.63, 3.8) is 0 Å². The molecule has 2 aromatic carbocycles. The second-order valence-electron chi connectivity index (χ2n) is 16.9. The molecule has 2 aliphatic heterocycles. The highest BCUT2D eigenvalue weighted by molar-refractivity contribution is 7.18. The summed E-state index contributed by atoms with van der Waals surface area (Å²) in [4.78, 5) is 35.0. The maximum absolute atomic E-state index is 12.1. The van der Waals surface area contributed by atoms with Gasteiger partial charge < -0.3 is 25.6 Å². The molecule has 8 rings (SSSR count). The highest BCUT2D eigenvalue weighted by Gasteiger charge is 2.33. The monoisotopic (exact) mass is 912 g/mol. The molecule has 6 heterocycles. The number of thiophene rings is 2. The van der Waals surface area contributed by atoms with E-state index in [2.05, 4.69) is 59.7 Å². The summed E-state index contributed by atoms with van der Waals surface area (Å²) in [5, 5.41) is 9.27. The molecular weight excluding hydrogens is 866 g/mol. The number of piperidine rings is 2. The number of nitrogens with two attached hydrogens (primary N) is 1. The molecule has 6 aromatic rings. The van der Waals surface area contributed by atoms with Gasteiger partial charge in [0.25, 0.3) is 0 Å². The molecule has 16 heteroatoms. The number of ether oxygens (including phenoxy) is 1. The van der Waals surface area contributed by atoms with Gasteiger partial charge in [-0.05, 0) is 76.0 Å². The number of aromatic nitrogens is 4. The Morgan fingerprint density at radius 2 is 1.17 bits per heavy atom. The third-order valence-corrected chi connectivity index (χ3v) is 14.8. The summed E-state index contributed by atoms with van der Waals surface area (Å²) < 4.78 is 7.51. The van der Waals surface area contributed by atoms with Crippen LogP contribution in [0.15, 0.2) is 59.8 Å². The van der Waals surface area contributed by atoms with Gasteiger partial charge in [-0.15, -0.1) is 22.7 Å².